The second kappa shape index (κ2) is 9.80. The van der Waals surface area contributed by atoms with Gasteiger partial charge in [-0.1, -0.05) is 39.0 Å². The van der Waals surface area contributed by atoms with Crippen molar-refractivity contribution >= 4 is 23.8 Å². The maximum Gasteiger partial charge on any atom is 0.326 e. The standard InChI is InChI=1S/C24H33N3O6/c1-23(2,3)17-9-11-24(12-10-17)21(30)27(22(31)26-24)14-20(29)33-15-19(28)25-13-16-7-5-6-8-18(16)32-4/h5-8,17H,9-15H2,1-4H3,(H,25,28)(H,26,31). The third-order valence-electron chi connectivity index (χ3n) is 6.63. The van der Waals surface area contributed by atoms with E-state index in [-0.39, 0.29) is 12.0 Å². The van der Waals surface area contributed by atoms with Crippen LogP contribution in [-0.4, -0.2) is 54.5 Å². The lowest BCUT2D eigenvalue weighted by atomic mass is 9.67. The number of hydrogen-bond acceptors (Lipinski definition) is 6. The number of urea groups is 1. The zero-order valence-electron chi connectivity index (χ0n) is 19.7. The van der Waals surface area contributed by atoms with Crippen molar-refractivity contribution in [3.05, 3.63) is 29.8 Å². The maximum atomic E-state index is 13.0. The number of methoxy groups -OCH3 is 1. The minimum atomic E-state index is -0.939. The van der Waals surface area contributed by atoms with Gasteiger partial charge in [0.15, 0.2) is 6.61 Å². The number of para-hydroxylation sites is 1. The topological polar surface area (TPSA) is 114 Å². The minimum Gasteiger partial charge on any atom is -0.496 e. The number of nitrogens with zero attached hydrogens (tertiary/aromatic N) is 1. The molecule has 1 saturated carbocycles. The molecule has 4 amide bonds. The van der Waals surface area contributed by atoms with Crippen LogP contribution in [0.25, 0.3) is 0 Å². The van der Waals surface area contributed by atoms with E-state index in [4.69, 9.17) is 9.47 Å². The first-order valence-corrected chi connectivity index (χ1v) is 11.2. The highest BCUT2D eigenvalue weighted by Gasteiger charge is 2.53. The van der Waals surface area contributed by atoms with Crippen LogP contribution in [0.5, 0.6) is 5.75 Å². The Morgan fingerprint density at radius 1 is 1.18 bits per heavy atom. The van der Waals surface area contributed by atoms with Crippen molar-refractivity contribution in [1.82, 2.24) is 15.5 Å². The van der Waals surface area contributed by atoms with Crippen LogP contribution in [0, 0.1) is 11.3 Å². The van der Waals surface area contributed by atoms with Gasteiger partial charge in [-0.3, -0.25) is 19.3 Å². The Morgan fingerprint density at radius 2 is 1.85 bits per heavy atom. The van der Waals surface area contributed by atoms with Crippen molar-refractivity contribution in [2.45, 2.75) is 58.5 Å². The second-order valence-electron chi connectivity index (χ2n) is 9.79. The third-order valence-corrected chi connectivity index (χ3v) is 6.63. The van der Waals surface area contributed by atoms with Crippen molar-refractivity contribution in [1.29, 1.82) is 0 Å². The summed E-state index contributed by atoms with van der Waals surface area (Å²) in [5, 5.41) is 5.45. The number of carbonyl (C=O) groups excluding carboxylic acids is 4. The first-order chi connectivity index (χ1) is 15.6. The molecule has 1 spiro atoms. The molecule has 180 valence electrons. The molecule has 0 bridgehead atoms. The Kier molecular flexibility index (Phi) is 7.29. The average Bonchev–Trinajstić information content (AvgIpc) is 3.00. The minimum absolute atomic E-state index is 0.142. The highest BCUT2D eigenvalue weighted by molar-refractivity contribution is 6.08. The molecule has 1 aromatic rings. The molecule has 1 aromatic carbocycles. The molecule has 1 saturated heterocycles. The van der Waals surface area contributed by atoms with E-state index in [9.17, 15) is 19.2 Å². The van der Waals surface area contributed by atoms with Gasteiger partial charge in [0.05, 0.1) is 7.11 Å². The predicted octanol–water partition coefficient (Wildman–Crippen LogP) is 2.38. The summed E-state index contributed by atoms with van der Waals surface area (Å²) in [5.41, 5.74) is -0.0146. The molecule has 2 N–H and O–H groups in total. The van der Waals surface area contributed by atoms with E-state index in [1.165, 1.54) is 0 Å². The molecule has 3 rings (SSSR count). The van der Waals surface area contributed by atoms with E-state index in [1.54, 1.807) is 13.2 Å². The third kappa shape index (κ3) is 5.64. The van der Waals surface area contributed by atoms with Crippen LogP contribution in [0.2, 0.25) is 0 Å². The molecule has 9 nitrogen and oxygen atoms in total. The lowest BCUT2D eigenvalue weighted by Gasteiger charge is -2.40. The number of imide groups is 1. The van der Waals surface area contributed by atoms with Crippen molar-refractivity contribution in [2.75, 3.05) is 20.3 Å². The summed E-state index contributed by atoms with van der Waals surface area (Å²) in [6.07, 6.45) is 2.77. The quantitative estimate of drug-likeness (QED) is 0.478. The number of carbonyl (C=O) groups is 4. The number of amides is 4. The van der Waals surface area contributed by atoms with Crippen molar-refractivity contribution < 1.29 is 28.7 Å². The first-order valence-electron chi connectivity index (χ1n) is 11.2. The summed E-state index contributed by atoms with van der Waals surface area (Å²) in [6.45, 7) is 5.73. The largest absolute Gasteiger partial charge is 0.496 e. The van der Waals surface area contributed by atoms with Gasteiger partial charge < -0.3 is 20.1 Å². The van der Waals surface area contributed by atoms with Gasteiger partial charge in [-0.05, 0) is 43.1 Å². The summed E-state index contributed by atoms with van der Waals surface area (Å²) in [7, 11) is 1.54. The fourth-order valence-corrected chi connectivity index (χ4v) is 4.55. The number of benzene rings is 1. The molecule has 1 aliphatic carbocycles. The van der Waals surface area contributed by atoms with Crippen molar-refractivity contribution in [2.24, 2.45) is 11.3 Å². The van der Waals surface area contributed by atoms with Gasteiger partial charge in [0.2, 0.25) is 0 Å². The van der Waals surface area contributed by atoms with Gasteiger partial charge in [0, 0.05) is 12.1 Å². The van der Waals surface area contributed by atoms with Gasteiger partial charge in [0.1, 0.15) is 17.8 Å². The summed E-state index contributed by atoms with van der Waals surface area (Å²) < 4.78 is 10.2. The first kappa shape index (κ1) is 24.5. The van der Waals surface area contributed by atoms with Crippen LogP contribution in [0.1, 0.15) is 52.0 Å². The zero-order chi connectivity index (χ0) is 24.2. The highest BCUT2D eigenvalue weighted by atomic mass is 16.5. The molecule has 1 aliphatic heterocycles. The fourth-order valence-electron chi connectivity index (χ4n) is 4.55. The SMILES string of the molecule is COc1ccccc1CNC(=O)COC(=O)CN1C(=O)NC2(CCC(C(C)(C)C)CC2)C1=O. The number of hydrogen-bond donors (Lipinski definition) is 2. The average molecular weight is 460 g/mol. The molecule has 2 aliphatic rings. The molecule has 0 unspecified atom stereocenters. The molecule has 2 fully saturated rings. The molecule has 33 heavy (non-hydrogen) atoms. The van der Waals surface area contributed by atoms with Crippen LogP contribution in [0.3, 0.4) is 0 Å². The monoisotopic (exact) mass is 459 g/mol. The van der Waals surface area contributed by atoms with E-state index in [1.807, 2.05) is 18.2 Å². The van der Waals surface area contributed by atoms with Crippen molar-refractivity contribution in [3.8, 4) is 5.75 Å². The van der Waals surface area contributed by atoms with E-state index >= 15 is 0 Å². The van der Waals surface area contributed by atoms with Crippen LogP contribution in [-0.2, 0) is 25.7 Å². The molecule has 0 aromatic heterocycles. The number of ether oxygens (including phenoxy) is 2. The van der Waals surface area contributed by atoms with E-state index in [0.717, 1.165) is 23.3 Å². The Labute approximate surface area is 194 Å². The molecule has 9 heteroatoms. The Hall–Kier alpha value is -3.10. The lowest BCUT2D eigenvalue weighted by molar-refractivity contribution is -0.151. The molecule has 1 heterocycles. The smallest absolute Gasteiger partial charge is 0.326 e. The Morgan fingerprint density at radius 3 is 2.48 bits per heavy atom. The second-order valence-corrected chi connectivity index (χ2v) is 9.79. The zero-order valence-corrected chi connectivity index (χ0v) is 19.7. The summed E-state index contributed by atoms with van der Waals surface area (Å²) >= 11 is 0. The van der Waals surface area contributed by atoms with Gasteiger partial charge >= 0.3 is 12.0 Å². The van der Waals surface area contributed by atoms with E-state index in [0.29, 0.717) is 24.5 Å². The van der Waals surface area contributed by atoms with Gasteiger partial charge in [-0.15, -0.1) is 0 Å². The highest BCUT2D eigenvalue weighted by Crippen LogP contribution is 2.43. The van der Waals surface area contributed by atoms with Gasteiger partial charge in [0.25, 0.3) is 11.8 Å². The van der Waals surface area contributed by atoms with Crippen LogP contribution >= 0.6 is 0 Å². The van der Waals surface area contributed by atoms with Crippen LogP contribution < -0.4 is 15.4 Å². The van der Waals surface area contributed by atoms with Gasteiger partial charge in [-0.25, -0.2) is 4.79 Å². The molecular weight excluding hydrogens is 426 g/mol. The summed E-state index contributed by atoms with van der Waals surface area (Å²) in [4.78, 5) is 50.6. The molecular formula is C24H33N3O6. The number of esters is 1. The maximum absolute atomic E-state index is 13.0. The molecule has 0 radical (unpaired) electrons. The van der Waals surface area contributed by atoms with Gasteiger partial charge in [-0.2, -0.15) is 0 Å². The predicted molar refractivity (Wildman–Crippen MR) is 120 cm³/mol. The normalized spacial score (nSPS) is 22.8. The lowest BCUT2D eigenvalue weighted by Crippen LogP contribution is -2.50. The molecule has 0 atom stereocenters. The number of rotatable bonds is 7. The fraction of sp³-hybridized carbons (Fsp3) is 0.583. The summed E-state index contributed by atoms with van der Waals surface area (Å²) in [6, 6.07) is 6.65. The number of nitrogens with one attached hydrogen (secondary N) is 2. The van der Waals surface area contributed by atoms with E-state index < -0.39 is 42.5 Å². The summed E-state index contributed by atoms with van der Waals surface area (Å²) in [5.74, 6) is -0.591. The van der Waals surface area contributed by atoms with E-state index in [2.05, 4.69) is 31.4 Å². The Bertz CT molecular complexity index is 915. The van der Waals surface area contributed by atoms with Crippen LogP contribution in [0.4, 0.5) is 4.79 Å². The van der Waals surface area contributed by atoms with Crippen molar-refractivity contribution in [3.63, 3.8) is 0 Å². The van der Waals surface area contributed by atoms with Crippen LogP contribution in [0.15, 0.2) is 24.3 Å². The Balaban J connectivity index is 1.47.